The first-order chi connectivity index (χ1) is 9.97. The van der Waals surface area contributed by atoms with Crippen LogP contribution in [-0.2, 0) is 13.1 Å². The van der Waals surface area contributed by atoms with Crippen LogP contribution in [0.4, 0.5) is 8.78 Å². The number of rotatable bonds is 6. The molecule has 0 amide bonds. The fourth-order valence-corrected chi connectivity index (χ4v) is 2.14. The van der Waals surface area contributed by atoms with E-state index in [0.29, 0.717) is 11.5 Å². The van der Waals surface area contributed by atoms with Gasteiger partial charge in [0.1, 0.15) is 11.6 Å². The number of aromatic nitrogens is 2. The van der Waals surface area contributed by atoms with Crippen LogP contribution in [0.1, 0.15) is 30.7 Å². The summed E-state index contributed by atoms with van der Waals surface area (Å²) in [6.07, 6.45) is 1.78. The van der Waals surface area contributed by atoms with Crippen LogP contribution in [0, 0.1) is 24.5 Å². The molecule has 1 N–H and O–H groups in total. The monoisotopic (exact) mass is 293 g/mol. The predicted octanol–water partition coefficient (Wildman–Crippen LogP) is 3.26. The summed E-state index contributed by atoms with van der Waals surface area (Å²) < 4.78 is 28.6. The summed E-state index contributed by atoms with van der Waals surface area (Å²) in [6, 6.07) is 3.48. The van der Waals surface area contributed by atoms with E-state index in [1.807, 2.05) is 6.92 Å². The molecule has 0 aliphatic rings. The lowest BCUT2D eigenvalue weighted by molar-refractivity contribution is 0.549. The quantitative estimate of drug-likeness (QED) is 0.886. The van der Waals surface area contributed by atoms with Crippen LogP contribution in [0.5, 0.6) is 0 Å². The maximum absolute atomic E-state index is 13.7. The van der Waals surface area contributed by atoms with E-state index >= 15 is 0 Å². The summed E-state index contributed by atoms with van der Waals surface area (Å²) in [7, 11) is 0. The Morgan fingerprint density at radius 1 is 1.24 bits per heavy atom. The molecule has 2 rings (SSSR count). The molecule has 0 radical (unpaired) electrons. The predicted molar refractivity (Wildman–Crippen MR) is 79.0 cm³/mol. The lowest BCUT2D eigenvalue weighted by Gasteiger charge is -2.09. The van der Waals surface area contributed by atoms with Crippen molar-refractivity contribution in [1.29, 1.82) is 0 Å². The average Bonchev–Trinajstić information content (AvgIpc) is 2.75. The molecule has 21 heavy (non-hydrogen) atoms. The normalized spacial score (nSPS) is 11.3. The first-order valence-corrected chi connectivity index (χ1v) is 7.13. The second kappa shape index (κ2) is 6.80. The molecule has 1 aromatic carbocycles. The van der Waals surface area contributed by atoms with Crippen molar-refractivity contribution in [2.24, 2.45) is 5.92 Å². The second-order valence-corrected chi connectivity index (χ2v) is 5.67. The minimum absolute atomic E-state index is 0.236. The smallest absolute Gasteiger partial charge is 0.128 e. The molecule has 3 nitrogen and oxygen atoms in total. The van der Waals surface area contributed by atoms with Crippen molar-refractivity contribution in [3.8, 4) is 0 Å². The molecule has 1 aromatic heterocycles. The Bertz CT molecular complexity index is 606. The average molecular weight is 293 g/mol. The minimum atomic E-state index is -0.435. The van der Waals surface area contributed by atoms with Gasteiger partial charge < -0.3 is 5.32 Å². The van der Waals surface area contributed by atoms with Crippen molar-refractivity contribution in [2.75, 3.05) is 6.54 Å². The molecular weight excluding hydrogens is 272 g/mol. The van der Waals surface area contributed by atoms with E-state index in [9.17, 15) is 8.78 Å². The maximum Gasteiger partial charge on any atom is 0.128 e. The summed E-state index contributed by atoms with van der Waals surface area (Å²) in [4.78, 5) is 0. The highest BCUT2D eigenvalue weighted by Gasteiger charge is 2.10. The molecular formula is C16H21F2N3. The molecule has 0 bridgehead atoms. The van der Waals surface area contributed by atoms with Crippen LogP contribution in [0.2, 0.25) is 0 Å². The van der Waals surface area contributed by atoms with Gasteiger partial charge >= 0.3 is 0 Å². The third-order valence-electron chi connectivity index (χ3n) is 3.40. The van der Waals surface area contributed by atoms with Gasteiger partial charge in [-0.1, -0.05) is 13.8 Å². The highest BCUT2D eigenvalue weighted by Crippen LogP contribution is 2.14. The van der Waals surface area contributed by atoms with Gasteiger partial charge in [0.25, 0.3) is 0 Å². The minimum Gasteiger partial charge on any atom is -0.312 e. The van der Waals surface area contributed by atoms with Gasteiger partial charge in [-0.15, -0.1) is 0 Å². The summed E-state index contributed by atoms with van der Waals surface area (Å²) in [5.74, 6) is -0.262. The van der Waals surface area contributed by atoms with Crippen LogP contribution in [0.25, 0.3) is 0 Å². The van der Waals surface area contributed by atoms with Gasteiger partial charge in [-0.3, -0.25) is 4.68 Å². The zero-order valence-corrected chi connectivity index (χ0v) is 12.7. The van der Waals surface area contributed by atoms with Gasteiger partial charge in [0.2, 0.25) is 0 Å². The molecule has 114 valence electrons. The summed E-state index contributed by atoms with van der Waals surface area (Å²) in [5, 5.41) is 7.62. The third kappa shape index (κ3) is 4.11. The van der Waals surface area contributed by atoms with E-state index < -0.39 is 11.6 Å². The molecule has 0 spiro atoms. The zero-order valence-electron chi connectivity index (χ0n) is 12.7. The summed E-state index contributed by atoms with van der Waals surface area (Å²) in [5.41, 5.74) is 2.35. The Hall–Kier alpha value is -1.75. The first-order valence-electron chi connectivity index (χ1n) is 7.13. The highest BCUT2D eigenvalue weighted by molar-refractivity contribution is 5.22. The first kappa shape index (κ1) is 15.6. The van der Waals surface area contributed by atoms with E-state index in [4.69, 9.17) is 0 Å². The lowest BCUT2D eigenvalue weighted by atomic mass is 10.2. The van der Waals surface area contributed by atoms with Crippen LogP contribution >= 0.6 is 0 Å². The van der Waals surface area contributed by atoms with Crippen molar-refractivity contribution < 1.29 is 8.78 Å². The lowest BCUT2D eigenvalue weighted by Crippen LogP contribution is -2.19. The fourth-order valence-electron chi connectivity index (χ4n) is 2.14. The Balaban J connectivity index is 2.08. The number of nitrogens with one attached hydrogen (secondary N) is 1. The number of hydrogen-bond acceptors (Lipinski definition) is 2. The Labute approximate surface area is 124 Å². The van der Waals surface area contributed by atoms with Crippen molar-refractivity contribution in [3.63, 3.8) is 0 Å². The number of nitrogens with zero attached hydrogens (tertiary/aromatic N) is 2. The van der Waals surface area contributed by atoms with Gasteiger partial charge in [0, 0.05) is 23.4 Å². The van der Waals surface area contributed by atoms with Gasteiger partial charge in [-0.25, -0.2) is 8.78 Å². The van der Waals surface area contributed by atoms with E-state index in [0.717, 1.165) is 36.5 Å². The van der Waals surface area contributed by atoms with Crippen LogP contribution in [-0.4, -0.2) is 16.3 Å². The molecule has 0 atom stereocenters. The topological polar surface area (TPSA) is 29.9 Å². The summed E-state index contributed by atoms with van der Waals surface area (Å²) >= 11 is 0. The second-order valence-electron chi connectivity index (χ2n) is 5.67. The fraction of sp³-hybridized carbons (Fsp3) is 0.438. The van der Waals surface area contributed by atoms with Crippen LogP contribution in [0.15, 0.2) is 24.4 Å². The van der Waals surface area contributed by atoms with Crippen molar-refractivity contribution >= 4 is 0 Å². The van der Waals surface area contributed by atoms with E-state index in [2.05, 4.69) is 24.3 Å². The Kier molecular flexibility index (Phi) is 5.07. The molecule has 0 unspecified atom stereocenters. The number of benzene rings is 1. The molecule has 2 aromatic rings. The zero-order chi connectivity index (χ0) is 15.4. The third-order valence-corrected chi connectivity index (χ3v) is 3.40. The molecule has 1 heterocycles. The molecule has 0 fully saturated rings. The number of halogens is 2. The Morgan fingerprint density at radius 2 is 2.00 bits per heavy atom. The molecule has 0 saturated carbocycles. The maximum atomic E-state index is 13.7. The van der Waals surface area contributed by atoms with E-state index in [-0.39, 0.29) is 6.54 Å². The van der Waals surface area contributed by atoms with Crippen LogP contribution in [0.3, 0.4) is 0 Å². The molecule has 0 saturated heterocycles. The van der Waals surface area contributed by atoms with Crippen LogP contribution < -0.4 is 5.32 Å². The van der Waals surface area contributed by atoms with Crippen molar-refractivity contribution in [2.45, 2.75) is 33.9 Å². The van der Waals surface area contributed by atoms with Gasteiger partial charge in [0.15, 0.2) is 0 Å². The van der Waals surface area contributed by atoms with Crippen molar-refractivity contribution in [3.05, 3.63) is 52.9 Å². The highest BCUT2D eigenvalue weighted by atomic mass is 19.1. The van der Waals surface area contributed by atoms with Gasteiger partial charge in [-0.05, 0) is 37.6 Å². The van der Waals surface area contributed by atoms with Crippen molar-refractivity contribution in [1.82, 2.24) is 15.1 Å². The van der Waals surface area contributed by atoms with E-state index in [1.165, 1.54) is 6.07 Å². The molecule has 0 aliphatic carbocycles. The molecule has 5 heteroatoms. The Morgan fingerprint density at radius 3 is 2.71 bits per heavy atom. The van der Waals surface area contributed by atoms with Gasteiger partial charge in [-0.2, -0.15) is 5.10 Å². The largest absolute Gasteiger partial charge is 0.312 e. The standard InChI is InChI=1S/C16H21F2N3/c1-11(2)7-19-8-14-9-20-21(12(14)3)10-13-6-15(17)4-5-16(13)18/h4-6,9,11,19H,7-8,10H2,1-3H3. The number of hydrogen-bond donors (Lipinski definition) is 1. The van der Waals surface area contributed by atoms with Gasteiger partial charge in [0.05, 0.1) is 12.7 Å². The summed E-state index contributed by atoms with van der Waals surface area (Å²) in [6.45, 7) is 8.14. The molecule has 0 aliphatic heterocycles. The SMILES string of the molecule is Cc1c(CNCC(C)C)cnn1Cc1cc(F)ccc1F. The van der Waals surface area contributed by atoms with E-state index in [1.54, 1.807) is 10.9 Å².